The quantitative estimate of drug-likeness (QED) is 0.721. The molecule has 1 radical (unpaired) electrons. The van der Waals surface area contributed by atoms with Crippen molar-refractivity contribution in [1.82, 2.24) is 9.78 Å². The predicted molar refractivity (Wildman–Crippen MR) is 42.7 cm³/mol. The molecular formula is C8H11F2N2O. The molecule has 0 saturated heterocycles. The number of ether oxygens (including phenoxy) is 1. The van der Waals surface area contributed by atoms with E-state index >= 15 is 0 Å². The second-order valence-corrected chi connectivity index (χ2v) is 2.65. The molecule has 0 atom stereocenters. The summed E-state index contributed by atoms with van der Waals surface area (Å²) in [4.78, 5) is 0. The van der Waals surface area contributed by atoms with Gasteiger partial charge in [0.05, 0.1) is 0 Å². The Labute approximate surface area is 75.3 Å². The molecule has 0 aliphatic heterocycles. The van der Waals surface area contributed by atoms with Crippen LogP contribution in [0.2, 0.25) is 0 Å². The van der Waals surface area contributed by atoms with E-state index < -0.39 is 6.61 Å². The molecule has 0 N–H and O–H groups in total. The fourth-order valence-electron chi connectivity index (χ4n) is 1.07. The van der Waals surface area contributed by atoms with Crippen LogP contribution in [-0.4, -0.2) is 16.4 Å². The zero-order chi connectivity index (χ0) is 9.84. The maximum atomic E-state index is 11.9. The van der Waals surface area contributed by atoms with Crippen LogP contribution in [0.3, 0.4) is 0 Å². The number of nitrogens with zero attached hydrogens (tertiary/aromatic N) is 2. The van der Waals surface area contributed by atoms with E-state index in [0.717, 1.165) is 6.42 Å². The highest BCUT2D eigenvalue weighted by Crippen LogP contribution is 2.19. The van der Waals surface area contributed by atoms with Gasteiger partial charge in [0.25, 0.3) is 0 Å². The lowest BCUT2D eigenvalue weighted by Crippen LogP contribution is -2.07. The van der Waals surface area contributed by atoms with Crippen molar-refractivity contribution in [2.75, 3.05) is 0 Å². The maximum absolute atomic E-state index is 11.9. The molecule has 1 aromatic rings. The van der Waals surface area contributed by atoms with Crippen molar-refractivity contribution >= 4 is 0 Å². The lowest BCUT2D eigenvalue weighted by molar-refractivity contribution is -0.0559. The van der Waals surface area contributed by atoms with Crippen molar-refractivity contribution in [2.24, 2.45) is 7.05 Å². The van der Waals surface area contributed by atoms with Crippen molar-refractivity contribution in [1.29, 1.82) is 0 Å². The van der Waals surface area contributed by atoms with Gasteiger partial charge in [-0.3, -0.25) is 0 Å². The summed E-state index contributed by atoms with van der Waals surface area (Å²) in [6.45, 7) is -0.855. The molecule has 13 heavy (non-hydrogen) atoms. The maximum Gasteiger partial charge on any atom is 0.388 e. The number of hydrogen-bond acceptors (Lipinski definition) is 2. The molecule has 0 aliphatic carbocycles. The van der Waals surface area contributed by atoms with E-state index in [1.807, 2.05) is 6.92 Å². The SMILES string of the molecule is CCCc1[c]nn(C)c1OC(F)F. The van der Waals surface area contributed by atoms with Crippen molar-refractivity contribution in [3.8, 4) is 5.88 Å². The third kappa shape index (κ3) is 2.40. The number of hydrogen-bond donors (Lipinski definition) is 0. The molecule has 0 bridgehead atoms. The molecule has 5 heteroatoms. The van der Waals surface area contributed by atoms with Crippen LogP contribution in [0.5, 0.6) is 5.88 Å². The second-order valence-electron chi connectivity index (χ2n) is 2.65. The fourth-order valence-corrected chi connectivity index (χ4v) is 1.07. The standard InChI is InChI=1S/C8H11F2N2O/c1-3-4-6-5-11-12(2)7(6)13-8(9)10/h8H,3-4H2,1-2H3. The molecule has 0 saturated carbocycles. The Morgan fingerprint density at radius 3 is 2.85 bits per heavy atom. The van der Waals surface area contributed by atoms with E-state index in [4.69, 9.17) is 0 Å². The normalized spacial score (nSPS) is 10.8. The first kappa shape index (κ1) is 9.95. The van der Waals surface area contributed by atoms with Crippen molar-refractivity contribution < 1.29 is 13.5 Å². The highest BCUT2D eigenvalue weighted by Gasteiger charge is 2.13. The minimum Gasteiger partial charge on any atom is -0.417 e. The van der Waals surface area contributed by atoms with Crippen LogP contribution in [0.15, 0.2) is 0 Å². The van der Waals surface area contributed by atoms with Crippen LogP contribution < -0.4 is 4.74 Å². The number of alkyl halides is 2. The molecule has 1 aromatic heterocycles. The smallest absolute Gasteiger partial charge is 0.388 e. The topological polar surface area (TPSA) is 27.1 Å². The van der Waals surface area contributed by atoms with Gasteiger partial charge in [0.15, 0.2) is 0 Å². The second kappa shape index (κ2) is 4.20. The fraction of sp³-hybridized carbons (Fsp3) is 0.625. The molecule has 0 spiro atoms. The zero-order valence-corrected chi connectivity index (χ0v) is 7.55. The third-order valence-corrected chi connectivity index (χ3v) is 1.59. The molecule has 0 aromatic carbocycles. The average molecular weight is 189 g/mol. The molecule has 0 unspecified atom stereocenters. The summed E-state index contributed by atoms with van der Waals surface area (Å²) >= 11 is 0. The lowest BCUT2D eigenvalue weighted by atomic mass is 10.2. The molecular weight excluding hydrogens is 178 g/mol. The number of aryl methyl sites for hydroxylation is 2. The minimum absolute atomic E-state index is 0.108. The van der Waals surface area contributed by atoms with Crippen LogP contribution in [0.25, 0.3) is 0 Å². The monoisotopic (exact) mass is 189 g/mol. The summed E-state index contributed by atoms with van der Waals surface area (Å²) in [5.74, 6) is 0.108. The molecule has 0 aliphatic rings. The Kier molecular flexibility index (Phi) is 3.22. The third-order valence-electron chi connectivity index (χ3n) is 1.59. The van der Waals surface area contributed by atoms with Crippen LogP contribution in [0.4, 0.5) is 8.78 Å². The van der Waals surface area contributed by atoms with Crippen LogP contribution in [0, 0.1) is 6.20 Å². The van der Waals surface area contributed by atoms with E-state index in [2.05, 4.69) is 16.0 Å². The van der Waals surface area contributed by atoms with Gasteiger partial charge in [-0.25, -0.2) is 4.68 Å². The molecule has 0 amide bonds. The Morgan fingerprint density at radius 2 is 2.31 bits per heavy atom. The Morgan fingerprint density at radius 1 is 1.62 bits per heavy atom. The molecule has 0 fully saturated rings. The van der Waals surface area contributed by atoms with E-state index in [0.29, 0.717) is 12.0 Å². The summed E-state index contributed by atoms with van der Waals surface area (Å²) in [5.41, 5.74) is 0.602. The highest BCUT2D eigenvalue weighted by atomic mass is 19.3. The summed E-state index contributed by atoms with van der Waals surface area (Å²) in [6.07, 6.45) is 4.13. The summed E-state index contributed by atoms with van der Waals surface area (Å²) in [7, 11) is 1.55. The largest absolute Gasteiger partial charge is 0.417 e. The van der Waals surface area contributed by atoms with E-state index in [1.165, 1.54) is 4.68 Å². The predicted octanol–water partition coefficient (Wildman–Crippen LogP) is 1.77. The van der Waals surface area contributed by atoms with E-state index in [-0.39, 0.29) is 5.88 Å². The van der Waals surface area contributed by atoms with Gasteiger partial charge in [0, 0.05) is 12.6 Å². The van der Waals surface area contributed by atoms with Crippen LogP contribution >= 0.6 is 0 Å². The molecule has 1 heterocycles. The van der Waals surface area contributed by atoms with Crippen molar-refractivity contribution in [3.63, 3.8) is 0 Å². The van der Waals surface area contributed by atoms with Gasteiger partial charge in [-0.1, -0.05) is 13.3 Å². The number of aromatic nitrogens is 2. The summed E-state index contributed by atoms with van der Waals surface area (Å²) in [5, 5.41) is 3.72. The van der Waals surface area contributed by atoms with Gasteiger partial charge in [-0.2, -0.15) is 13.9 Å². The van der Waals surface area contributed by atoms with E-state index in [1.54, 1.807) is 7.05 Å². The molecule has 1 rings (SSSR count). The Hall–Kier alpha value is -1.13. The number of rotatable bonds is 4. The lowest BCUT2D eigenvalue weighted by Gasteiger charge is -2.06. The van der Waals surface area contributed by atoms with Gasteiger partial charge >= 0.3 is 6.61 Å². The molecule has 73 valence electrons. The van der Waals surface area contributed by atoms with Gasteiger partial charge in [0.1, 0.15) is 6.20 Å². The van der Waals surface area contributed by atoms with E-state index in [9.17, 15) is 8.78 Å². The summed E-state index contributed by atoms with van der Waals surface area (Å²) in [6, 6.07) is 0. The first-order valence-electron chi connectivity index (χ1n) is 4.03. The van der Waals surface area contributed by atoms with Crippen molar-refractivity contribution in [3.05, 3.63) is 11.8 Å². The van der Waals surface area contributed by atoms with Crippen LogP contribution in [0.1, 0.15) is 18.9 Å². The van der Waals surface area contributed by atoms with Gasteiger partial charge < -0.3 is 4.74 Å². The Balaban J connectivity index is 2.81. The zero-order valence-electron chi connectivity index (χ0n) is 7.55. The average Bonchev–Trinajstić information content (AvgIpc) is 2.36. The van der Waals surface area contributed by atoms with Gasteiger partial charge in [-0.05, 0) is 6.42 Å². The number of halogens is 2. The van der Waals surface area contributed by atoms with Gasteiger partial charge in [0.2, 0.25) is 5.88 Å². The summed E-state index contributed by atoms with van der Waals surface area (Å²) < 4.78 is 29.4. The minimum atomic E-state index is -2.81. The van der Waals surface area contributed by atoms with Gasteiger partial charge in [-0.15, -0.1) is 0 Å². The van der Waals surface area contributed by atoms with Crippen LogP contribution in [-0.2, 0) is 13.5 Å². The first-order chi connectivity index (χ1) is 6.15. The van der Waals surface area contributed by atoms with Crippen molar-refractivity contribution in [2.45, 2.75) is 26.4 Å². The first-order valence-corrected chi connectivity index (χ1v) is 4.03. The Bertz CT molecular complexity index is 273. The molecule has 3 nitrogen and oxygen atoms in total. The highest BCUT2D eigenvalue weighted by molar-refractivity contribution is 5.23.